The van der Waals surface area contributed by atoms with Crippen LogP contribution in [-0.4, -0.2) is 47.3 Å². The summed E-state index contributed by atoms with van der Waals surface area (Å²) >= 11 is 0. The first kappa shape index (κ1) is 14.5. The fraction of sp³-hybridized carbons (Fsp3) is 0.667. The van der Waals surface area contributed by atoms with Crippen molar-refractivity contribution in [1.29, 1.82) is 0 Å². The standard InChI is InChI=1S/C12H23N5O/c1-8(6-16(4)5)14-11(18)7-17-10(3)12(13)9(2)15-17/h8H,6-7,13H2,1-5H3,(H,14,18). The van der Waals surface area contributed by atoms with E-state index < -0.39 is 0 Å². The zero-order valence-electron chi connectivity index (χ0n) is 11.8. The lowest BCUT2D eigenvalue weighted by Crippen LogP contribution is -2.41. The number of hydrogen-bond acceptors (Lipinski definition) is 4. The second-order valence-corrected chi connectivity index (χ2v) is 4.97. The van der Waals surface area contributed by atoms with E-state index in [1.54, 1.807) is 4.68 Å². The highest BCUT2D eigenvalue weighted by Crippen LogP contribution is 2.14. The molecule has 1 aromatic rings. The number of nitrogens with one attached hydrogen (secondary N) is 1. The zero-order chi connectivity index (χ0) is 13.9. The minimum Gasteiger partial charge on any atom is -0.396 e. The molecule has 0 aliphatic carbocycles. The van der Waals surface area contributed by atoms with Crippen LogP contribution in [-0.2, 0) is 11.3 Å². The molecule has 3 N–H and O–H groups in total. The molecule has 1 aromatic heterocycles. The molecule has 0 fully saturated rings. The van der Waals surface area contributed by atoms with Gasteiger partial charge in [-0.15, -0.1) is 0 Å². The number of aromatic nitrogens is 2. The SMILES string of the molecule is Cc1nn(CC(=O)NC(C)CN(C)C)c(C)c1N. The van der Waals surface area contributed by atoms with Gasteiger partial charge in [0.2, 0.25) is 5.91 Å². The number of nitrogens with two attached hydrogens (primary N) is 1. The molecule has 1 amide bonds. The summed E-state index contributed by atoms with van der Waals surface area (Å²) in [5, 5.41) is 7.17. The Morgan fingerprint density at radius 1 is 1.50 bits per heavy atom. The van der Waals surface area contributed by atoms with E-state index in [1.807, 2.05) is 39.8 Å². The fourth-order valence-corrected chi connectivity index (χ4v) is 1.91. The van der Waals surface area contributed by atoms with Crippen molar-refractivity contribution in [3.63, 3.8) is 0 Å². The highest BCUT2D eigenvalue weighted by molar-refractivity contribution is 5.76. The van der Waals surface area contributed by atoms with Gasteiger partial charge in [-0.05, 0) is 34.9 Å². The molecule has 1 rings (SSSR count). The zero-order valence-corrected chi connectivity index (χ0v) is 11.8. The van der Waals surface area contributed by atoms with E-state index >= 15 is 0 Å². The molecule has 1 heterocycles. The lowest BCUT2D eigenvalue weighted by atomic mass is 10.3. The van der Waals surface area contributed by atoms with Gasteiger partial charge in [0.05, 0.1) is 17.1 Å². The Kier molecular flexibility index (Phi) is 4.72. The van der Waals surface area contributed by atoms with Crippen molar-refractivity contribution >= 4 is 11.6 Å². The van der Waals surface area contributed by atoms with Crippen molar-refractivity contribution in [2.75, 3.05) is 26.4 Å². The van der Waals surface area contributed by atoms with E-state index in [4.69, 9.17) is 5.73 Å². The molecular formula is C12H23N5O. The van der Waals surface area contributed by atoms with Crippen molar-refractivity contribution in [2.24, 2.45) is 0 Å². The number of nitrogens with zero attached hydrogens (tertiary/aromatic N) is 3. The summed E-state index contributed by atoms with van der Waals surface area (Å²) in [5.74, 6) is -0.0463. The van der Waals surface area contributed by atoms with Gasteiger partial charge in [0.1, 0.15) is 6.54 Å². The number of hydrogen-bond donors (Lipinski definition) is 2. The highest BCUT2D eigenvalue weighted by Gasteiger charge is 2.13. The van der Waals surface area contributed by atoms with Gasteiger partial charge in [0.25, 0.3) is 0 Å². The lowest BCUT2D eigenvalue weighted by molar-refractivity contribution is -0.122. The number of carbonyl (C=O) groups is 1. The third-order valence-corrected chi connectivity index (χ3v) is 2.78. The Balaban J connectivity index is 2.57. The first-order valence-corrected chi connectivity index (χ1v) is 6.04. The summed E-state index contributed by atoms with van der Waals surface area (Å²) in [6, 6.07) is 0.113. The van der Waals surface area contributed by atoms with Crippen LogP contribution in [0, 0.1) is 13.8 Å². The molecule has 0 radical (unpaired) electrons. The molecule has 6 nitrogen and oxygen atoms in total. The Labute approximate surface area is 108 Å². The predicted molar refractivity (Wildman–Crippen MR) is 72.3 cm³/mol. The topological polar surface area (TPSA) is 76.2 Å². The van der Waals surface area contributed by atoms with Gasteiger partial charge < -0.3 is 16.0 Å². The Morgan fingerprint density at radius 2 is 2.11 bits per heavy atom. The summed E-state index contributed by atoms with van der Waals surface area (Å²) in [4.78, 5) is 13.9. The van der Waals surface area contributed by atoms with Crippen molar-refractivity contribution in [2.45, 2.75) is 33.4 Å². The predicted octanol–water partition coefficient (Wildman–Crippen LogP) is 0.148. The van der Waals surface area contributed by atoms with Crippen molar-refractivity contribution in [1.82, 2.24) is 20.0 Å². The molecule has 0 aromatic carbocycles. The van der Waals surface area contributed by atoms with E-state index in [0.29, 0.717) is 5.69 Å². The van der Waals surface area contributed by atoms with Crippen LogP contribution in [0.15, 0.2) is 0 Å². The molecular weight excluding hydrogens is 230 g/mol. The van der Waals surface area contributed by atoms with Gasteiger partial charge in [-0.25, -0.2) is 0 Å². The van der Waals surface area contributed by atoms with Crippen LogP contribution in [0.1, 0.15) is 18.3 Å². The molecule has 0 bridgehead atoms. The number of anilines is 1. The molecule has 0 saturated heterocycles. The summed E-state index contributed by atoms with van der Waals surface area (Å²) in [7, 11) is 3.95. The average molecular weight is 253 g/mol. The minimum absolute atomic E-state index is 0.0463. The average Bonchev–Trinajstić information content (AvgIpc) is 2.44. The van der Waals surface area contributed by atoms with Crippen LogP contribution < -0.4 is 11.1 Å². The molecule has 0 saturated carbocycles. The van der Waals surface area contributed by atoms with Crippen molar-refractivity contribution in [3.05, 3.63) is 11.4 Å². The summed E-state index contributed by atoms with van der Waals surface area (Å²) in [5.41, 5.74) is 8.08. The molecule has 0 aliphatic heterocycles. The summed E-state index contributed by atoms with van der Waals surface area (Å²) in [6.07, 6.45) is 0. The van der Waals surface area contributed by atoms with Gasteiger partial charge in [-0.2, -0.15) is 5.10 Å². The van der Waals surface area contributed by atoms with E-state index in [9.17, 15) is 4.79 Å². The smallest absolute Gasteiger partial charge is 0.241 e. The van der Waals surface area contributed by atoms with Crippen molar-refractivity contribution in [3.8, 4) is 0 Å². The number of nitrogen functional groups attached to an aromatic ring is 1. The van der Waals surface area contributed by atoms with E-state index in [-0.39, 0.29) is 18.5 Å². The molecule has 102 valence electrons. The maximum absolute atomic E-state index is 11.8. The van der Waals surface area contributed by atoms with Gasteiger partial charge in [0, 0.05) is 12.6 Å². The lowest BCUT2D eigenvalue weighted by Gasteiger charge is -2.18. The second-order valence-electron chi connectivity index (χ2n) is 4.97. The van der Waals surface area contributed by atoms with Crippen LogP contribution in [0.5, 0.6) is 0 Å². The highest BCUT2D eigenvalue weighted by atomic mass is 16.2. The third kappa shape index (κ3) is 3.73. The number of aryl methyl sites for hydroxylation is 1. The largest absolute Gasteiger partial charge is 0.396 e. The second kappa shape index (κ2) is 5.86. The Hall–Kier alpha value is -1.56. The molecule has 6 heteroatoms. The molecule has 1 unspecified atom stereocenters. The minimum atomic E-state index is -0.0463. The molecule has 18 heavy (non-hydrogen) atoms. The molecule has 0 spiro atoms. The van der Waals surface area contributed by atoms with E-state index in [1.165, 1.54) is 0 Å². The summed E-state index contributed by atoms with van der Waals surface area (Å²) in [6.45, 7) is 6.71. The van der Waals surface area contributed by atoms with Crippen LogP contribution in [0.25, 0.3) is 0 Å². The molecule has 0 aliphatic rings. The quantitative estimate of drug-likeness (QED) is 0.783. The number of rotatable bonds is 5. The number of amides is 1. The Bertz CT molecular complexity index is 424. The van der Waals surface area contributed by atoms with Crippen LogP contribution in [0.4, 0.5) is 5.69 Å². The Morgan fingerprint density at radius 3 is 2.56 bits per heavy atom. The molecule has 1 atom stereocenters. The van der Waals surface area contributed by atoms with Crippen LogP contribution in [0.3, 0.4) is 0 Å². The maximum Gasteiger partial charge on any atom is 0.241 e. The van der Waals surface area contributed by atoms with Gasteiger partial charge in [-0.1, -0.05) is 0 Å². The van der Waals surface area contributed by atoms with E-state index in [2.05, 4.69) is 10.4 Å². The van der Waals surface area contributed by atoms with Gasteiger partial charge >= 0.3 is 0 Å². The van der Waals surface area contributed by atoms with Crippen LogP contribution in [0.2, 0.25) is 0 Å². The normalized spacial score (nSPS) is 12.8. The van der Waals surface area contributed by atoms with Gasteiger partial charge in [0.15, 0.2) is 0 Å². The first-order valence-electron chi connectivity index (χ1n) is 6.04. The third-order valence-electron chi connectivity index (χ3n) is 2.78. The summed E-state index contributed by atoms with van der Waals surface area (Å²) < 4.78 is 1.64. The van der Waals surface area contributed by atoms with Gasteiger partial charge in [-0.3, -0.25) is 9.48 Å². The first-order chi connectivity index (χ1) is 8.31. The van der Waals surface area contributed by atoms with Crippen LogP contribution >= 0.6 is 0 Å². The van der Waals surface area contributed by atoms with E-state index in [0.717, 1.165) is 17.9 Å². The number of carbonyl (C=O) groups excluding carboxylic acids is 1. The monoisotopic (exact) mass is 253 g/mol. The maximum atomic E-state index is 11.8. The number of likely N-dealkylation sites (N-methyl/N-ethyl adjacent to an activating group) is 1. The fourth-order valence-electron chi connectivity index (χ4n) is 1.91. The van der Waals surface area contributed by atoms with Crippen molar-refractivity contribution < 1.29 is 4.79 Å².